The average Bonchev–Trinajstić information content (AvgIpc) is 3.44. The van der Waals surface area contributed by atoms with Crippen LogP contribution in [0.2, 0.25) is 0 Å². The number of nitrogens with two attached hydrogens (primary N) is 1. The lowest BCUT2D eigenvalue weighted by molar-refractivity contribution is 0.0950. The summed E-state index contributed by atoms with van der Waals surface area (Å²) in [6, 6.07) is 15.2. The molecular formula is C19H22BrClN2O2. The summed E-state index contributed by atoms with van der Waals surface area (Å²) in [6.45, 7) is 0.963. The monoisotopic (exact) mass is 424 g/mol. The Hall–Kier alpha value is -1.56. The van der Waals surface area contributed by atoms with Crippen molar-refractivity contribution in [3.8, 4) is 5.75 Å². The van der Waals surface area contributed by atoms with Gasteiger partial charge in [-0.1, -0.05) is 40.2 Å². The van der Waals surface area contributed by atoms with Gasteiger partial charge in [0.2, 0.25) is 0 Å². The normalized spacial score (nSPS) is 14.3. The Labute approximate surface area is 162 Å². The largest absolute Gasteiger partial charge is 0.489 e. The summed E-state index contributed by atoms with van der Waals surface area (Å²) < 4.78 is 6.81. The van der Waals surface area contributed by atoms with Crippen molar-refractivity contribution in [3.05, 3.63) is 64.1 Å². The molecule has 6 heteroatoms. The number of hydrogen-bond donors (Lipinski definition) is 2. The van der Waals surface area contributed by atoms with E-state index < -0.39 is 0 Å². The highest BCUT2D eigenvalue weighted by molar-refractivity contribution is 9.10. The molecule has 1 atom stereocenters. The second-order valence-corrected chi connectivity index (χ2v) is 6.97. The van der Waals surface area contributed by atoms with Crippen LogP contribution in [0.5, 0.6) is 5.75 Å². The van der Waals surface area contributed by atoms with Crippen LogP contribution in [0, 0.1) is 5.92 Å². The molecule has 0 aliphatic heterocycles. The van der Waals surface area contributed by atoms with E-state index in [2.05, 4.69) is 21.2 Å². The van der Waals surface area contributed by atoms with Crippen molar-refractivity contribution in [2.75, 3.05) is 6.54 Å². The van der Waals surface area contributed by atoms with E-state index in [9.17, 15) is 4.79 Å². The smallest absolute Gasteiger partial charge is 0.251 e. The third-order valence-electron chi connectivity index (χ3n) is 4.17. The van der Waals surface area contributed by atoms with E-state index in [1.807, 2.05) is 36.4 Å². The molecule has 0 heterocycles. The van der Waals surface area contributed by atoms with Crippen molar-refractivity contribution < 1.29 is 9.53 Å². The average molecular weight is 426 g/mol. The molecule has 25 heavy (non-hydrogen) atoms. The molecule has 1 saturated carbocycles. The molecule has 1 amide bonds. The predicted octanol–water partition coefficient (Wildman–Crippen LogP) is 3.92. The third kappa shape index (κ3) is 5.73. The molecule has 2 aromatic carbocycles. The fourth-order valence-electron chi connectivity index (χ4n) is 2.51. The van der Waals surface area contributed by atoms with E-state index in [1.54, 1.807) is 12.1 Å². The molecule has 4 nitrogen and oxygen atoms in total. The molecule has 1 aliphatic carbocycles. The van der Waals surface area contributed by atoms with E-state index in [0.29, 0.717) is 30.4 Å². The Morgan fingerprint density at radius 2 is 2.00 bits per heavy atom. The van der Waals surface area contributed by atoms with Gasteiger partial charge < -0.3 is 15.8 Å². The van der Waals surface area contributed by atoms with Gasteiger partial charge in [0.1, 0.15) is 12.4 Å². The number of hydrogen-bond acceptors (Lipinski definition) is 3. The SMILES string of the molecule is Cl.NC(CNC(=O)c1cccc(OCc2ccccc2Br)c1)C1CC1. The Morgan fingerprint density at radius 1 is 1.24 bits per heavy atom. The van der Waals surface area contributed by atoms with Gasteiger partial charge in [-0.3, -0.25) is 4.79 Å². The van der Waals surface area contributed by atoms with Crippen molar-refractivity contribution >= 4 is 34.2 Å². The zero-order chi connectivity index (χ0) is 16.9. The standard InChI is InChI=1S/C19H21BrN2O2.ClH/c20-17-7-2-1-4-15(17)12-24-16-6-3-5-14(10-16)19(23)22-11-18(21)13-8-9-13;/h1-7,10,13,18H,8-9,11-12,21H2,(H,22,23);1H. The van der Waals surface area contributed by atoms with Gasteiger partial charge in [-0.15, -0.1) is 12.4 Å². The van der Waals surface area contributed by atoms with Crippen LogP contribution in [-0.4, -0.2) is 18.5 Å². The molecule has 1 aliphatic rings. The van der Waals surface area contributed by atoms with Gasteiger partial charge >= 0.3 is 0 Å². The van der Waals surface area contributed by atoms with Crippen LogP contribution >= 0.6 is 28.3 Å². The van der Waals surface area contributed by atoms with Crippen LogP contribution in [0.3, 0.4) is 0 Å². The molecule has 3 N–H and O–H groups in total. The fourth-order valence-corrected chi connectivity index (χ4v) is 2.91. The number of rotatable bonds is 7. The highest BCUT2D eigenvalue weighted by atomic mass is 79.9. The van der Waals surface area contributed by atoms with Crippen molar-refractivity contribution in [2.45, 2.75) is 25.5 Å². The van der Waals surface area contributed by atoms with Gasteiger partial charge in [0.25, 0.3) is 5.91 Å². The van der Waals surface area contributed by atoms with Crippen molar-refractivity contribution in [3.63, 3.8) is 0 Å². The Kier molecular flexibility index (Phi) is 7.29. The summed E-state index contributed by atoms with van der Waals surface area (Å²) in [6.07, 6.45) is 2.35. The molecule has 2 aromatic rings. The summed E-state index contributed by atoms with van der Waals surface area (Å²) in [4.78, 5) is 12.2. The molecular weight excluding hydrogens is 404 g/mol. The molecule has 0 saturated heterocycles. The molecule has 134 valence electrons. The van der Waals surface area contributed by atoms with Crippen molar-refractivity contribution in [1.29, 1.82) is 0 Å². The minimum Gasteiger partial charge on any atom is -0.489 e. The second kappa shape index (κ2) is 9.22. The van der Waals surface area contributed by atoms with Crippen LogP contribution in [0.1, 0.15) is 28.8 Å². The highest BCUT2D eigenvalue weighted by Gasteiger charge is 2.28. The second-order valence-electron chi connectivity index (χ2n) is 6.12. The summed E-state index contributed by atoms with van der Waals surface area (Å²) in [7, 11) is 0. The molecule has 3 rings (SSSR count). The highest BCUT2D eigenvalue weighted by Crippen LogP contribution is 2.31. The zero-order valence-electron chi connectivity index (χ0n) is 13.8. The number of ether oxygens (including phenoxy) is 1. The quantitative estimate of drug-likeness (QED) is 0.707. The molecule has 1 fully saturated rings. The zero-order valence-corrected chi connectivity index (χ0v) is 16.2. The first-order valence-corrected chi connectivity index (χ1v) is 8.93. The maximum atomic E-state index is 12.2. The Morgan fingerprint density at radius 3 is 2.72 bits per heavy atom. The van der Waals surface area contributed by atoms with Gasteiger partial charge in [0.05, 0.1) is 0 Å². The molecule has 1 unspecified atom stereocenters. The molecule has 0 bridgehead atoms. The minimum absolute atomic E-state index is 0. The molecule has 0 aromatic heterocycles. The van der Waals surface area contributed by atoms with Gasteiger partial charge in [0.15, 0.2) is 0 Å². The first-order valence-electron chi connectivity index (χ1n) is 8.13. The number of halogens is 2. The topological polar surface area (TPSA) is 64.3 Å². The minimum atomic E-state index is -0.113. The van der Waals surface area contributed by atoms with Crippen LogP contribution in [-0.2, 0) is 6.61 Å². The predicted molar refractivity (Wildman–Crippen MR) is 105 cm³/mol. The van der Waals surface area contributed by atoms with E-state index in [1.165, 1.54) is 12.8 Å². The van der Waals surface area contributed by atoms with Crippen LogP contribution < -0.4 is 15.8 Å². The van der Waals surface area contributed by atoms with Crippen molar-refractivity contribution in [2.24, 2.45) is 11.7 Å². The van der Waals surface area contributed by atoms with Gasteiger partial charge in [-0.25, -0.2) is 0 Å². The van der Waals surface area contributed by atoms with Gasteiger partial charge in [-0.2, -0.15) is 0 Å². The number of carbonyl (C=O) groups excluding carboxylic acids is 1. The van der Waals surface area contributed by atoms with E-state index in [4.69, 9.17) is 10.5 Å². The number of benzene rings is 2. The number of carbonyl (C=O) groups is 1. The molecule has 0 radical (unpaired) electrons. The van der Waals surface area contributed by atoms with Crippen LogP contribution in [0.25, 0.3) is 0 Å². The lowest BCUT2D eigenvalue weighted by Crippen LogP contribution is -2.38. The van der Waals surface area contributed by atoms with Crippen LogP contribution in [0.15, 0.2) is 53.0 Å². The number of nitrogens with one attached hydrogen (secondary N) is 1. The lowest BCUT2D eigenvalue weighted by Gasteiger charge is -2.12. The first-order chi connectivity index (χ1) is 11.6. The lowest BCUT2D eigenvalue weighted by atomic mass is 10.1. The third-order valence-corrected chi connectivity index (χ3v) is 4.95. The Bertz CT molecular complexity index is 722. The summed E-state index contributed by atoms with van der Waals surface area (Å²) in [5.41, 5.74) is 7.66. The summed E-state index contributed by atoms with van der Waals surface area (Å²) in [5, 5.41) is 2.90. The summed E-state index contributed by atoms with van der Waals surface area (Å²) in [5.74, 6) is 1.13. The Balaban J connectivity index is 0.00000225. The van der Waals surface area contributed by atoms with Gasteiger partial charge in [0, 0.05) is 28.2 Å². The van der Waals surface area contributed by atoms with Crippen molar-refractivity contribution in [1.82, 2.24) is 5.32 Å². The van der Waals surface area contributed by atoms with E-state index in [0.717, 1.165) is 10.0 Å². The molecule has 0 spiro atoms. The maximum absolute atomic E-state index is 12.2. The van der Waals surface area contributed by atoms with Crippen LogP contribution in [0.4, 0.5) is 0 Å². The maximum Gasteiger partial charge on any atom is 0.251 e. The number of amides is 1. The van der Waals surface area contributed by atoms with E-state index >= 15 is 0 Å². The van der Waals surface area contributed by atoms with E-state index in [-0.39, 0.29) is 24.4 Å². The summed E-state index contributed by atoms with van der Waals surface area (Å²) >= 11 is 3.50. The first kappa shape index (κ1) is 19.8. The fraction of sp³-hybridized carbons (Fsp3) is 0.316. The van der Waals surface area contributed by atoms with Gasteiger partial charge in [-0.05, 0) is 43.0 Å².